The normalized spacial score (nSPS) is 10.9. The van der Waals surface area contributed by atoms with Gasteiger partial charge in [-0.2, -0.15) is 9.61 Å². The average molecular weight is 432 g/mol. The maximum Gasteiger partial charge on any atom is 0.234 e. The number of thioether (sulfide) groups is 1. The van der Waals surface area contributed by atoms with Gasteiger partial charge in [-0.1, -0.05) is 29.4 Å². The van der Waals surface area contributed by atoms with Crippen molar-refractivity contribution >= 4 is 51.9 Å². The van der Waals surface area contributed by atoms with Crippen LogP contribution in [0, 0.1) is 0 Å². The van der Waals surface area contributed by atoms with E-state index in [1.54, 1.807) is 34.1 Å². The maximum atomic E-state index is 12.3. The van der Waals surface area contributed by atoms with E-state index in [9.17, 15) is 4.79 Å². The number of amides is 1. The standard InChI is InChI=1S/C18H14ClN5O2S2/c1-26-13-5-4-11(19)9-12(13)20-16(25)10-28-17-7-6-15-21-22-18(24(15)23-17)14-3-2-8-27-14/h2-9H,10H2,1H3,(H,20,25). The molecule has 28 heavy (non-hydrogen) atoms. The quantitative estimate of drug-likeness (QED) is 0.460. The molecule has 10 heteroatoms. The van der Waals surface area contributed by atoms with Crippen LogP contribution in [0.4, 0.5) is 5.69 Å². The molecular weight excluding hydrogens is 418 g/mol. The average Bonchev–Trinajstić information content (AvgIpc) is 3.35. The lowest BCUT2D eigenvalue weighted by molar-refractivity contribution is -0.113. The third kappa shape index (κ3) is 3.96. The van der Waals surface area contributed by atoms with Crippen LogP contribution in [0.25, 0.3) is 16.3 Å². The van der Waals surface area contributed by atoms with E-state index in [-0.39, 0.29) is 11.7 Å². The highest BCUT2D eigenvalue weighted by Crippen LogP contribution is 2.28. The third-order valence-electron chi connectivity index (χ3n) is 3.77. The van der Waals surface area contributed by atoms with E-state index in [4.69, 9.17) is 16.3 Å². The Bertz CT molecular complexity index is 1130. The Morgan fingerprint density at radius 2 is 2.18 bits per heavy atom. The molecule has 1 amide bonds. The summed E-state index contributed by atoms with van der Waals surface area (Å²) in [4.78, 5) is 13.3. The van der Waals surface area contributed by atoms with Crippen LogP contribution in [0.2, 0.25) is 5.02 Å². The summed E-state index contributed by atoms with van der Waals surface area (Å²) in [5.74, 6) is 1.23. The van der Waals surface area contributed by atoms with Gasteiger partial charge < -0.3 is 10.1 Å². The highest BCUT2D eigenvalue weighted by atomic mass is 35.5. The van der Waals surface area contributed by atoms with Crippen molar-refractivity contribution in [2.24, 2.45) is 0 Å². The number of thiophene rings is 1. The second kappa shape index (κ2) is 8.17. The molecule has 0 bridgehead atoms. The van der Waals surface area contributed by atoms with Crippen LogP contribution in [0.15, 0.2) is 52.9 Å². The van der Waals surface area contributed by atoms with Gasteiger partial charge in [0.15, 0.2) is 11.5 Å². The Morgan fingerprint density at radius 3 is 2.96 bits per heavy atom. The molecule has 4 rings (SSSR count). The van der Waals surface area contributed by atoms with Gasteiger partial charge in [-0.05, 0) is 41.8 Å². The van der Waals surface area contributed by atoms with Crippen molar-refractivity contribution in [2.75, 3.05) is 18.2 Å². The van der Waals surface area contributed by atoms with Crippen LogP contribution >= 0.6 is 34.7 Å². The molecule has 0 atom stereocenters. The van der Waals surface area contributed by atoms with Gasteiger partial charge in [-0.25, -0.2) is 0 Å². The molecule has 0 radical (unpaired) electrons. The number of fused-ring (bicyclic) bond motifs is 1. The van der Waals surface area contributed by atoms with Gasteiger partial charge in [0.25, 0.3) is 0 Å². The summed E-state index contributed by atoms with van der Waals surface area (Å²) >= 11 is 8.88. The minimum absolute atomic E-state index is 0.185. The second-order valence-electron chi connectivity index (χ2n) is 5.62. The van der Waals surface area contributed by atoms with Crippen LogP contribution < -0.4 is 10.1 Å². The lowest BCUT2D eigenvalue weighted by atomic mass is 10.3. The number of benzene rings is 1. The fraction of sp³-hybridized carbons (Fsp3) is 0.111. The van der Waals surface area contributed by atoms with Gasteiger partial charge in [-0.3, -0.25) is 4.79 Å². The molecule has 4 aromatic rings. The number of hydrogen-bond acceptors (Lipinski definition) is 7. The summed E-state index contributed by atoms with van der Waals surface area (Å²) in [5.41, 5.74) is 1.18. The smallest absolute Gasteiger partial charge is 0.234 e. The number of rotatable bonds is 6. The molecule has 0 aliphatic heterocycles. The Kier molecular flexibility index (Phi) is 5.47. The van der Waals surface area contributed by atoms with Crippen molar-refractivity contribution in [3.05, 3.63) is 52.9 Å². The molecule has 7 nitrogen and oxygen atoms in total. The van der Waals surface area contributed by atoms with Crippen molar-refractivity contribution in [1.82, 2.24) is 19.8 Å². The molecule has 0 saturated heterocycles. The summed E-state index contributed by atoms with van der Waals surface area (Å²) in [7, 11) is 1.54. The van der Waals surface area contributed by atoms with Gasteiger partial charge in [0.05, 0.1) is 23.4 Å². The van der Waals surface area contributed by atoms with E-state index >= 15 is 0 Å². The Morgan fingerprint density at radius 1 is 1.29 bits per heavy atom. The van der Waals surface area contributed by atoms with E-state index in [1.807, 2.05) is 29.6 Å². The van der Waals surface area contributed by atoms with Crippen molar-refractivity contribution in [1.29, 1.82) is 0 Å². The SMILES string of the molecule is COc1ccc(Cl)cc1NC(=O)CSc1ccc2nnc(-c3cccs3)n2n1. The number of aromatic nitrogens is 4. The Hall–Kier alpha value is -2.62. The molecule has 0 spiro atoms. The number of nitrogens with one attached hydrogen (secondary N) is 1. The number of carbonyl (C=O) groups excluding carboxylic acids is 1. The minimum atomic E-state index is -0.185. The second-order valence-corrected chi connectivity index (χ2v) is 8.00. The van der Waals surface area contributed by atoms with Crippen LogP contribution in [0.3, 0.4) is 0 Å². The van der Waals surface area contributed by atoms with E-state index < -0.39 is 0 Å². The van der Waals surface area contributed by atoms with Crippen molar-refractivity contribution in [3.8, 4) is 16.5 Å². The van der Waals surface area contributed by atoms with Crippen LogP contribution in [-0.2, 0) is 4.79 Å². The summed E-state index contributed by atoms with van der Waals surface area (Å²) in [6.07, 6.45) is 0. The number of carbonyl (C=O) groups is 1. The van der Waals surface area contributed by atoms with Gasteiger partial charge in [0.2, 0.25) is 5.91 Å². The Labute approximate surface area is 173 Å². The highest BCUT2D eigenvalue weighted by molar-refractivity contribution is 7.99. The zero-order valence-electron chi connectivity index (χ0n) is 14.6. The molecule has 0 unspecified atom stereocenters. The van der Waals surface area contributed by atoms with E-state index in [2.05, 4.69) is 20.6 Å². The Balaban J connectivity index is 1.48. The summed E-state index contributed by atoms with van der Waals surface area (Å²) in [5, 5.41) is 18.9. The lowest BCUT2D eigenvalue weighted by Crippen LogP contribution is -2.15. The monoisotopic (exact) mass is 431 g/mol. The number of nitrogens with zero attached hydrogens (tertiary/aromatic N) is 4. The lowest BCUT2D eigenvalue weighted by Gasteiger charge is -2.10. The minimum Gasteiger partial charge on any atom is -0.495 e. The first kappa shape index (κ1) is 18.7. The zero-order valence-corrected chi connectivity index (χ0v) is 17.0. The first-order valence-corrected chi connectivity index (χ1v) is 10.4. The number of ether oxygens (including phenoxy) is 1. The van der Waals surface area contributed by atoms with Crippen LogP contribution in [0.1, 0.15) is 0 Å². The third-order valence-corrected chi connectivity index (χ3v) is 5.79. The zero-order chi connectivity index (χ0) is 19.5. The first-order chi connectivity index (χ1) is 13.6. The number of methoxy groups -OCH3 is 1. The van der Waals surface area contributed by atoms with E-state index in [1.165, 1.54) is 18.9 Å². The predicted octanol–water partition coefficient (Wildman–Crippen LogP) is 4.25. The number of anilines is 1. The molecule has 0 aliphatic rings. The van der Waals surface area contributed by atoms with Crippen molar-refractivity contribution < 1.29 is 9.53 Å². The molecule has 142 valence electrons. The number of hydrogen-bond donors (Lipinski definition) is 1. The number of halogens is 1. The van der Waals surface area contributed by atoms with Gasteiger partial charge in [-0.15, -0.1) is 21.5 Å². The molecule has 1 aromatic carbocycles. The molecule has 1 N–H and O–H groups in total. The molecule has 0 aliphatic carbocycles. The van der Waals surface area contributed by atoms with Crippen molar-refractivity contribution in [3.63, 3.8) is 0 Å². The van der Waals surface area contributed by atoms with Gasteiger partial charge in [0.1, 0.15) is 10.8 Å². The predicted molar refractivity (Wildman–Crippen MR) is 111 cm³/mol. The molecule has 3 heterocycles. The first-order valence-electron chi connectivity index (χ1n) is 8.16. The van der Waals surface area contributed by atoms with Crippen molar-refractivity contribution in [2.45, 2.75) is 5.03 Å². The molecular formula is C18H14ClN5O2S2. The van der Waals surface area contributed by atoms with Crippen LogP contribution in [0.5, 0.6) is 5.75 Å². The highest BCUT2D eigenvalue weighted by Gasteiger charge is 2.13. The maximum absolute atomic E-state index is 12.3. The van der Waals surface area contributed by atoms with Gasteiger partial charge >= 0.3 is 0 Å². The summed E-state index contributed by atoms with van der Waals surface area (Å²) < 4.78 is 6.93. The molecule has 0 fully saturated rings. The van der Waals surface area contributed by atoms with E-state index in [0.717, 1.165) is 4.88 Å². The molecule has 0 saturated carbocycles. The fourth-order valence-corrected chi connectivity index (χ4v) is 4.03. The summed E-state index contributed by atoms with van der Waals surface area (Å²) in [6, 6.07) is 12.6. The van der Waals surface area contributed by atoms with E-state index in [0.29, 0.717) is 33.0 Å². The largest absolute Gasteiger partial charge is 0.495 e. The molecule has 3 aromatic heterocycles. The fourth-order valence-electron chi connectivity index (χ4n) is 2.51. The van der Waals surface area contributed by atoms with Gasteiger partial charge in [0, 0.05) is 5.02 Å². The topological polar surface area (TPSA) is 81.4 Å². The summed E-state index contributed by atoms with van der Waals surface area (Å²) in [6.45, 7) is 0. The van der Waals surface area contributed by atoms with Crippen LogP contribution in [-0.4, -0.2) is 38.6 Å².